The first-order chi connectivity index (χ1) is 8.08. The van der Waals surface area contributed by atoms with E-state index in [4.69, 9.17) is 5.73 Å². The summed E-state index contributed by atoms with van der Waals surface area (Å²) in [5, 5.41) is 4.50. The minimum absolute atomic E-state index is 0.148. The molecule has 0 saturated heterocycles. The van der Waals surface area contributed by atoms with Crippen LogP contribution < -0.4 is 5.73 Å². The lowest BCUT2D eigenvalue weighted by molar-refractivity contribution is 0.687. The molecular formula is C14H19N3. The van der Waals surface area contributed by atoms with Gasteiger partial charge < -0.3 is 5.73 Å². The van der Waals surface area contributed by atoms with Gasteiger partial charge >= 0.3 is 0 Å². The van der Waals surface area contributed by atoms with Crippen LogP contribution in [0.4, 0.5) is 0 Å². The number of rotatable bonds is 3. The minimum Gasteiger partial charge on any atom is -0.328 e. The summed E-state index contributed by atoms with van der Waals surface area (Å²) in [4.78, 5) is 0. The topological polar surface area (TPSA) is 43.8 Å². The first-order valence-electron chi connectivity index (χ1n) is 5.92. The molecule has 0 aliphatic heterocycles. The lowest BCUT2D eigenvalue weighted by Gasteiger charge is -2.04. The molecular weight excluding hydrogens is 210 g/mol. The van der Waals surface area contributed by atoms with Crippen LogP contribution in [-0.4, -0.2) is 15.8 Å². The molecule has 2 N–H and O–H groups in total. The van der Waals surface area contributed by atoms with Gasteiger partial charge in [0.15, 0.2) is 0 Å². The van der Waals surface area contributed by atoms with Crippen molar-refractivity contribution < 1.29 is 0 Å². The number of hydrogen-bond donors (Lipinski definition) is 1. The summed E-state index contributed by atoms with van der Waals surface area (Å²) in [6, 6.07) is 10.6. The third-order valence-corrected chi connectivity index (χ3v) is 2.88. The van der Waals surface area contributed by atoms with Crippen molar-refractivity contribution in [2.24, 2.45) is 12.8 Å². The van der Waals surface area contributed by atoms with E-state index in [-0.39, 0.29) is 6.04 Å². The fraction of sp³-hybridized carbons (Fsp3) is 0.357. The van der Waals surface area contributed by atoms with Gasteiger partial charge in [-0.3, -0.25) is 4.68 Å². The Hall–Kier alpha value is -1.61. The molecule has 2 rings (SSSR count). The quantitative estimate of drug-likeness (QED) is 0.877. The van der Waals surface area contributed by atoms with Gasteiger partial charge in [-0.25, -0.2) is 0 Å². The molecule has 0 radical (unpaired) electrons. The number of nitrogens with two attached hydrogens (primary N) is 1. The van der Waals surface area contributed by atoms with E-state index >= 15 is 0 Å². The second kappa shape index (κ2) is 4.72. The van der Waals surface area contributed by atoms with Gasteiger partial charge in [0.05, 0.1) is 11.4 Å². The molecule has 1 heterocycles. The lowest BCUT2D eigenvalue weighted by Crippen LogP contribution is -2.18. The summed E-state index contributed by atoms with van der Waals surface area (Å²) >= 11 is 0. The van der Waals surface area contributed by atoms with Crippen LogP contribution in [0.1, 0.15) is 18.2 Å². The van der Waals surface area contributed by atoms with Gasteiger partial charge in [-0.1, -0.05) is 24.3 Å². The second-order valence-corrected chi connectivity index (χ2v) is 4.64. The molecule has 90 valence electrons. The summed E-state index contributed by atoms with van der Waals surface area (Å²) in [7, 11) is 1.98. The van der Waals surface area contributed by atoms with E-state index in [0.29, 0.717) is 0 Å². The molecule has 0 amide bonds. The molecule has 0 aliphatic carbocycles. The fourth-order valence-electron chi connectivity index (χ4n) is 2.07. The van der Waals surface area contributed by atoms with Crippen LogP contribution in [-0.2, 0) is 13.5 Å². The molecule has 3 heteroatoms. The molecule has 17 heavy (non-hydrogen) atoms. The Kier molecular flexibility index (Phi) is 3.29. The smallest absolute Gasteiger partial charge is 0.0684 e. The van der Waals surface area contributed by atoms with Crippen molar-refractivity contribution >= 4 is 0 Å². The van der Waals surface area contributed by atoms with Crippen molar-refractivity contribution in [1.29, 1.82) is 0 Å². The molecule has 0 saturated carbocycles. The summed E-state index contributed by atoms with van der Waals surface area (Å²) in [5.41, 5.74) is 10.5. The molecule has 0 bridgehead atoms. The number of nitrogens with zero attached hydrogens (tertiary/aromatic N) is 2. The van der Waals surface area contributed by atoms with Gasteiger partial charge in [-0.05, 0) is 25.5 Å². The van der Waals surface area contributed by atoms with E-state index in [2.05, 4.69) is 42.4 Å². The number of aryl methyl sites for hydroxylation is 2. The van der Waals surface area contributed by atoms with Crippen LogP contribution >= 0.6 is 0 Å². The van der Waals surface area contributed by atoms with Crippen LogP contribution in [0.25, 0.3) is 11.3 Å². The Morgan fingerprint density at radius 3 is 2.71 bits per heavy atom. The Morgan fingerprint density at radius 2 is 2.06 bits per heavy atom. The molecule has 0 fully saturated rings. The second-order valence-electron chi connectivity index (χ2n) is 4.64. The van der Waals surface area contributed by atoms with E-state index < -0.39 is 0 Å². The fourth-order valence-corrected chi connectivity index (χ4v) is 2.07. The maximum absolute atomic E-state index is 5.80. The minimum atomic E-state index is 0.148. The van der Waals surface area contributed by atoms with Crippen LogP contribution in [0, 0.1) is 6.92 Å². The molecule has 3 nitrogen and oxygen atoms in total. The van der Waals surface area contributed by atoms with Crippen molar-refractivity contribution in [1.82, 2.24) is 9.78 Å². The average Bonchev–Trinajstić information content (AvgIpc) is 2.59. The van der Waals surface area contributed by atoms with E-state index in [9.17, 15) is 0 Å². The highest BCUT2D eigenvalue weighted by Crippen LogP contribution is 2.23. The third kappa shape index (κ3) is 2.56. The summed E-state index contributed by atoms with van der Waals surface area (Å²) in [5.74, 6) is 0. The van der Waals surface area contributed by atoms with Gasteiger partial charge in [-0.15, -0.1) is 0 Å². The third-order valence-electron chi connectivity index (χ3n) is 2.88. The molecule has 0 aliphatic rings. The Labute approximate surface area is 102 Å². The molecule has 0 spiro atoms. The van der Waals surface area contributed by atoms with Crippen molar-refractivity contribution in [3.8, 4) is 11.3 Å². The largest absolute Gasteiger partial charge is 0.328 e. The number of hydrogen-bond acceptors (Lipinski definition) is 2. The monoisotopic (exact) mass is 229 g/mol. The summed E-state index contributed by atoms with van der Waals surface area (Å²) < 4.78 is 1.93. The van der Waals surface area contributed by atoms with Crippen molar-refractivity contribution in [2.75, 3.05) is 0 Å². The molecule has 1 unspecified atom stereocenters. The van der Waals surface area contributed by atoms with E-state index in [0.717, 1.165) is 17.8 Å². The standard InChI is InChI=1S/C14H19N3/c1-10-6-4-5-7-13(10)14-9-12(8-11(2)15)16-17(14)3/h4-7,9,11H,8,15H2,1-3H3. The SMILES string of the molecule is Cc1ccccc1-c1cc(CC(C)N)nn1C. The van der Waals surface area contributed by atoms with Crippen molar-refractivity contribution in [3.63, 3.8) is 0 Å². The first kappa shape index (κ1) is 11.9. The van der Waals surface area contributed by atoms with Crippen LogP contribution in [0.5, 0.6) is 0 Å². The van der Waals surface area contributed by atoms with E-state index in [1.807, 2.05) is 18.7 Å². The first-order valence-corrected chi connectivity index (χ1v) is 5.92. The van der Waals surface area contributed by atoms with Crippen LogP contribution in [0.3, 0.4) is 0 Å². The maximum atomic E-state index is 5.80. The van der Waals surface area contributed by atoms with Crippen LogP contribution in [0.2, 0.25) is 0 Å². The molecule has 1 aromatic carbocycles. The predicted molar refractivity (Wildman–Crippen MR) is 70.7 cm³/mol. The Balaban J connectivity index is 2.40. The van der Waals surface area contributed by atoms with Gasteiger partial charge in [0.2, 0.25) is 0 Å². The zero-order chi connectivity index (χ0) is 12.4. The highest BCUT2D eigenvalue weighted by atomic mass is 15.3. The van der Waals surface area contributed by atoms with E-state index in [1.54, 1.807) is 0 Å². The molecule has 1 atom stereocenters. The van der Waals surface area contributed by atoms with Crippen molar-refractivity contribution in [3.05, 3.63) is 41.6 Å². The highest BCUT2D eigenvalue weighted by molar-refractivity contribution is 5.64. The average molecular weight is 229 g/mol. The van der Waals surface area contributed by atoms with Gasteiger partial charge in [0, 0.05) is 25.1 Å². The Bertz CT molecular complexity index is 512. The van der Waals surface area contributed by atoms with Gasteiger partial charge in [-0.2, -0.15) is 5.10 Å². The zero-order valence-electron chi connectivity index (χ0n) is 10.6. The van der Waals surface area contributed by atoms with Crippen LogP contribution in [0.15, 0.2) is 30.3 Å². The zero-order valence-corrected chi connectivity index (χ0v) is 10.6. The van der Waals surface area contributed by atoms with Crippen molar-refractivity contribution in [2.45, 2.75) is 26.3 Å². The normalized spacial score (nSPS) is 12.7. The van der Waals surface area contributed by atoms with Gasteiger partial charge in [0.1, 0.15) is 0 Å². The van der Waals surface area contributed by atoms with Gasteiger partial charge in [0.25, 0.3) is 0 Å². The number of aromatic nitrogens is 2. The molecule has 2 aromatic rings. The maximum Gasteiger partial charge on any atom is 0.0684 e. The highest BCUT2D eigenvalue weighted by Gasteiger charge is 2.10. The lowest BCUT2D eigenvalue weighted by atomic mass is 10.0. The summed E-state index contributed by atoms with van der Waals surface area (Å²) in [6.07, 6.45) is 0.819. The molecule has 1 aromatic heterocycles. The summed E-state index contributed by atoms with van der Waals surface area (Å²) in [6.45, 7) is 4.12. The number of benzene rings is 1. The van der Waals surface area contributed by atoms with E-state index in [1.165, 1.54) is 11.1 Å². The Morgan fingerprint density at radius 1 is 1.35 bits per heavy atom. The predicted octanol–water partition coefficient (Wildman–Crippen LogP) is 2.29.